The van der Waals surface area contributed by atoms with Crippen LogP contribution in [-0.2, 0) is 14.9 Å². The minimum absolute atomic E-state index is 0.0478. The molecule has 0 N–H and O–H groups in total. The first-order valence-corrected chi connectivity index (χ1v) is 6.19. The van der Waals surface area contributed by atoms with Gasteiger partial charge in [0.2, 0.25) is 0 Å². The van der Waals surface area contributed by atoms with Crippen molar-refractivity contribution in [2.45, 2.75) is 26.2 Å². The van der Waals surface area contributed by atoms with Crippen LogP contribution in [-0.4, -0.2) is 37.5 Å². The van der Waals surface area contributed by atoms with E-state index < -0.39 is 5.97 Å². The maximum absolute atomic E-state index is 12.4. The summed E-state index contributed by atoms with van der Waals surface area (Å²) in [6.45, 7) is 6.12. The van der Waals surface area contributed by atoms with Gasteiger partial charge in [-0.2, -0.15) is 0 Å². The van der Waals surface area contributed by atoms with Crippen molar-refractivity contribution >= 4 is 11.9 Å². The zero-order valence-electron chi connectivity index (χ0n) is 12.2. The van der Waals surface area contributed by atoms with Gasteiger partial charge in [0.25, 0.3) is 5.91 Å². The van der Waals surface area contributed by atoms with E-state index in [0.29, 0.717) is 5.56 Å². The zero-order valence-corrected chi connectivity index (χ0v) is 12.2. The molecule has 0 saturated heterocycles. The van der Waals surface area contributed by atoms with E-state index in [0.717, 1.165) is 5.56 Å². The summed E-state index contributed by atoms with van der Waals surface area (Å²) in [6.07, 6.45) is 0. The molecule has 1 aromatic carbocycles. The summed E-state index contributed by atoms with van der Waals surface area (Å²) in [5, 5.41) is 0. The van der Waals surface area contributed by atoms with Crippen LogP contribution in [0.1, 0.15) is 36.7 Å². The van der Waals surface area contributed by atoms with Crippen molar-refractivity contribution in [3.05, 3.63) is 35.4 Å². The van der Waals surface area contributed by atoms with Gasteiger partial charge in [-0.15, -0.1) is 0 Å². The van der Waals surface area contributed by atoms with Gasteiger partial charge in [0.1, 0.15) is 6.54 Å². The van der Waals surface area contributed by atoms with Crippen LogP contribution in [0.25, 0.3) is 0 Å². The third kappa shape index (κ3) is 3.81. The zero-order chi connectivity index (χ0) is 14.6. The molecule has 104 valence electrons. The van der Waals surface area contributed by atoms with E-state index in [1.165, 1.54) is 12.0 Å². The molecule has 1 aromatic rings. The lowest BCUT2D eigenvalue weighted by atomic mass is 9.83. The fourth-order valence-electron chi connectivity index (χ4n) is 1.86. The molecular formula is C15H21NO3. The summed E-state index contributed by atoms with van der Waals surface area (Å²) < 4.78 is 4.57. The van der Waals surface area contributed by atoms with Gasteiger partial charge in [0, 0.05) is 12.6 Å². The summed E-state index contributed by atoms with van der Waals surface area (Å²) in [5.41, 5.74) is 1.47. The van der Waals surface area contributed by atoms with Gasteiger partial charge in [-0.3, -0.25) is 9.59 Å². The van der Waals surface area contributed by atoms with Crippen LogP contribution in [0, 0.1) is 0 Å². The molecule has 0 radical (unpaired) electrons. The van der Waals surface area contributed by atoms with Gasteiger partial charge in [0.15, 0.2) is 0 Å². The average molecular weight is 263 g/mol. The van der Waals surface area contributed by atoms with Crippen molar-refractivity contribution in [2.75, 3.05) is 20.7 Å². The highest BCUT2D eigenvalue weighted by Gasteiger charge is 2.23. The third-order valence-electron chi connectivity index (χ3n) is 2.91. The molecule has 0 unspecified atom stereocenters. The highest BCUT2D eigenvalue weighted by atomic mass is 16.5. The standard InChI is InChI=1S/C15H21NO3/c1-15(2,3)12-9-7-6-8-11(12)14(18)16(4)10-13(17)19-5/h6-9H,10H2,1-5H3. The Bertz CT molecular complexity index is 475. The van der Waals surface area contributed by atoms with Gasteiger partial charge in [-0.1, -0.05) is 39.0 Å². The van der Waals surface area contributed by atoms with E-state index in [1.807, 2.05) is 18.2 Å². The van der Waals surface area contributed by atoms with Crippen molar-refractivity contribution < 1.29 is 14.3 Å². The number of nitrogens with zero attached hydrogens (tertiary/aromatic N) is 1. The number of esters is 1. The van der Waals surface area contributed by atoms with Crippen molar-refractivity contribution in [3.8, 4) is 0 Å². The number of methoxy groups -OCH3 is 1. The fourth-order valence-corrected chi connectivity index (χ4v) is 1.86. The quantitative estimate of drug-likeness (QED) is 0.786. The molecular weight excluding hydrogens is 242 g/mol. The lowest BCUT2D eigenvalue weighted by molar-refractivity contribution is -0.141. The molecule has 0 fully saturated rings. The number of ether oxygens (including phenoxy) is 1. The number of hydrogen-bond acceptors (Lipinski definition) is 3. The molecule has 0 aliphatic heterocycles. The second kappa shape index (κ2) is 5.87. The molecule has 0 aliphatic rings. The van der Waals surface area contributed by atoms with Crippen LogP contribution in [0.3, 0.4) is 0 Å². The maximum Gasteiger partial charge on any atom is 0.325 e. The van der Waals surface area contributed by atoms with Crippen LogP contribution in [0.2, 0.25) is 0 Å². The normalized spacial score (nSPS) is 11.0. The van der Waals surface area contributed by atoms with E-state index in [4.69, 9.17) is 0 Å². The highest BCUT2D eigenvalue weighted by molar-refractivity contribution is 5.97. The Balaban J connectivity index is 3.03. The predicted molar refractivity (Wildman–Crippen MR) is 74.1 cm³/mol. The van der Waals surface area contributed by atoms with E-state index in [1.54, 1.807) is 13.1 Å². The Morgan fingerprint density at radius 3 is 2.32 bits per heavy atom. The number of rotatable bonds is 3. The SMILES string of the molecule is COC(=O)CN(C)C(=O)c1ccccc1C(C)(C)C. The van der Waals surface area contributed by atoms with Gasteiger partial charge in [-0.25, -0.2) is 0 Å². The van der Waals surface area contributed by atoms with E-state index in [-0.39, 0.29) is 17.9 Å². The molecule has 0 spiro atoms. The topological polar surface area (TPSA) is 46.6 Å². The molecule has 0 atom stereocenters. The molecule has 0 bridgehead atoms. The third-order valence-corrected chi connectivity index (χ3v) is 2.91. The molecule has 19 heavy (non-hydrogen) atoms. The van der Waals surface area contributed by atoms with Gasteiger partial charge >= 0.3 is 5.97 Å². The van der Waals surface area contributed by atoms with E-state index >= 15 is 0 Å². The smallest absolute Gasteiger partial charge is 0.325 e. The largest absolute Gasteiger partial charge is 0.468 e. The molecule has 1 amide bonds. The lowest BCUT2D eigenvalue weighted by Gasteiger charge is -2.24. The van der Waals surface area contributed by atoms with Crippen molar-refractivity contribution in [1.29, 1.82) is 0 Å². The van der Waals surface area contributed by atoms with Crippen LogP contribution in [0.5, 0.6) is 0 Å². The van der Waals surface area contributed by atoms with E-state index in [2.05, 4.69) is 25.5 Å². The second-order valence-corrected chi connectivity index (χ2v) is 5.53. The first-order valence-electron chi connectivity index (χ1n) is 6.19. The monoisotopic (exact) mass is 263 g/mol. The Hall–Kier alpha value is -1.84. The number of carbonyl (C=O) groups is 2. The van der Waals surface area contributed by atoms with Gasteiger partial charge in [0.05, 0.1) is 7.11 Å². The number of likely N-dealkylation sites (N-methyl/N-ethyl adjacent to an activating group) is 1. The van der Waals surface area contributed by atoms with Crippen LogP contribution >= 0.6 is 0 Å². The summed E-state index contributed by atoms with van der Waals surface area (Å²) >= 11 is 0. The lowest BCUT2D eigenvalue weighted by Crippen LogP contribution is -2.34. The highest BCUT2D eigenvalue weighted by Crippen LogP contribution is 2.26. The molecule has 4 heteroatoms. The molecule has 0 heterocycles. The Morgan fingerprint density at radius 2 is 1.79 bits per heavy atom. The summed E-state index contributed by atoms with van der Waals surface area (Å²) in [4.78, 5) is 25.0. The van der Waals surface area contributed by atoms with Crippen molar-refractivity contribution in [3.63, 3.8) is 0 Å². The molecule has 1 rings (SSSR count). The summed E-state index contributed by atoms with van der Waals surface area (Å²) in [6, 6.07) is 7.47. The average Bonchev–Trinajstić information content (AvgIpc) is 2.36. The molecule has 4 nitrogen and oxygen atoms in total. The Morgan fingerprint density at radius 1 is 1.21 bits per heavy atom. The van der Waals surface area contributed by atoms with E-state index in [9.17, 15) is 9.59 Å². The van der Waals surface area contributed by atoms with Crippen molar-refractivity contribution in [1.82, 2.24) is 4.90 Å². The number of hydrogen-bond donors (Lipinski definition) is 0. The molecule has 0 saturated carbocycles. The second-order valence-electron chi connectivity index (χ2n) is 5.53. The minimum Gasteiger partial charge on any atom is -0.468 e. The summed E-state index contributed by atoms with van der Waals surface area (Å²) in [7, 11) is 2.91. The van der Waals surface area contributed by atoms with Crippen LogP contribution in [0.4, 0.5) is 0 Å². The number of carbonyl (C=O) groups excluding carboxylic acids is 2. The number of benzene rings is 1. The fraction of sp³-hybridized carbons (Fsp3) is 0.467. The van der Waals surface area contributed by atoms with Gasteiger partial charge < -0.3 is 9.64 Å². The predicted octanol–water partition coefficient (Wildman–Crippen LogP) is 2.23. The first kappa shape index (κ1) is 15.2. The van der Waals surface area contributed by atoms with Crippen LogP contribution in [0.15, 0.2) is 24.3 Å². The minimum atomic E-state index is -0.427. The molecule has 0 aromatic heterocycles. The summed E-state index contributed by atoms with van der Waals surface area (Å²) in [5.74, 6) is -0.597. The van der Waals surface area contributed by atoms with Crippen molar-refractivity contribution in [2.24, 2.45) is 0 Å². The Labute approximate surface area is 114 Å². The first-order chi connectivity index (χ1) is 8.77. The Kier molecular flexibility index (Phi) is 4.70. The molecule has 0 aliphatic carbocycles. The van der Waals surface area contributed by atoms with Crippen LogP contribution < -0.4 is 0 Å². The maximum atomic E-state index is 12.4. The van der Waals surface area contributed by atoms with Gasteiger partial charge in [-0.05, 0) is 17.0 Å². The number of amides is 1.